The van der Waals surface area contributed by atoms with Crippen molar-refractivity contribution in [2.75, 3.05) is 26.0 Å². The lowest BCUT2D eigenvalue weighted by Crippen LogP contribution is -2.51. The van der Waals surface area contributed by atoms with Crippen LogP contribution in [-0.2, 0) is 11.2 Å². The monoisotopic (exact) mass is 347 g/mol. The number of aliphatic imine (C=N–C) groups is 2. The van der Waals surface area contributed by atoms with Crippen LogP contribution < -0.4 is 5.32 Å². The fourth-order valence-corrected chi connectivity index (χ4v) is 3.01. The number of amidine groups is 2. The van der Waals surface area contributed by atoms with Gasteiger partial charge in [0.05, 0.1) is 0 Å². The van der Waals surface area contributed by atoms with Crippen molar-refractivity contribution in [2.24, 2.45) is 9.98 Å². The predicted octanol–water partition coefficient (Wildman–Crippen LogP) is 2.64. The number of hydrogen-bond acceptors (Lipinski definition) is 5. The van der Waals surface area contributed by atoms with Gasteiger partial charge in [0, 0.05) is 39.0 Å². The number of nitrogens with one attached hydrogen (secondary N) is 1. The molecule has 1 fully saturated rings. The zero-order valence-corrected chi connectivity index (χ0v) is 14.1. The largest absolute Gasteiger partial charge is 0.462 e. The number of nitrogens with zero attached hydrogens (tertiary/aromatic N) is 4. The molecule has 25 heavy (non-hydrogen) atoms. The first-order chi connectivity index (χ1) is 11.8. The second-order valence-corrected chi connectivity index (χ2v) is 6.66. The molecule has 1 aliphatic heterocycles. The van der Waals surface area contributed by atoms with Crippen molar-refractivity contribution >= 4 is 17.5 Å². The van der Waals surface area contributed by atoms with Crippen molar-refractivity contribution < 1.29 is 13.5 Å². The van der Waals surface area contributed by atoms with Gasteiger partial charge in [0.1, 0.15) is 18.0 Å². The number of ether oxygens (including phenoxy) is 1. The molecule has 1 aliphatic carbocycles. The minimum atomic E-state index is -2.63. The molecule has 0 aromatic heterocycles. The molecule has 132 valence electrons. The van der Waals surface area contributed by atoms with Crippen LogP contribution in [0.25, 0.3) is 0 Å². The maximum atomic E-state index is 13.1. The fourth-order valence-electron chi connectivity index (χ4n) is 3.01. The van der Waals surface area contributed by atoms with Gasteiger partial charge in [0.15, 0.2) is 0 Å². The third-order valence-electron chi connectivity index (χ3n) is 4.25. The highest BCUT2D eigenvalue weighted by Crippen LogP contribution is 2.49. The highest BCUT2D eigenvalue weighted by atomic mass is 19.3. The number of nitriles is 1. The van der Waals surface area contributed by atoms with Gasteiger partial charge in [0.25, 0.3) is 11.9 Å². The summed E-state index contributed by atoms with van der Waals surface area (Å²) in [7, 11) is 3.67. The molecule has 0 amide bonds. The first kappa shape index (κ1) is 17.1. The molecule has 2 aliphatic rings. The van der Waals surface area contributed by atoms with Crippen LogP contribution in [0.1, 0.15) is 18.4 Å². The summed E-state index contributed by atoms with van der Waals surface area (Å²) in [5, 5.41) is 11.7. The SMILES string of the molecule is CN(C)C(Cc1ccc(NC2=NC3(CO2)CC(F)(F)C3)cc1)=NC#N. The van der Waals surface area contributed by atoms with Gasteiger partial charge >= 0.3 is 0 Å². The molecule has 0 saturated heterocycles. The van der Waals surface area contributed by atoms with Crippen LogP contribution in [0.15, 0.2) is 34.3 Å². The molecule has 1 N–H and O–H groups in total. The third-order valence-corrected chi connectivity index (χ3v) is 4.25. The predicted molar refractivity (Wildman–Crippen MR) is 90.8 cm³/mol. The average molecular weight is 347 g/mol. The lowest BCUT2D eigenvalue weighted by molar-refractivity contribution is -0.125. The lowest BCUT2D eigenvalue weighted by Gasteiger charge is -2.40. The minimum absolute atomic E-state index is 0.194. The minimum Gasteiger partial charge on any atom is -0.462 e. The van der Waals surface area contributed by atoms with E-state index in [1.165, 1.54) is 0 Å². The molecular weight excluding hydrogens is 328 g/mol. The smallest absolute Gasteiger partial charge is 0.289 e. The van der Waals surface area contributed by atoms with Gasteiger partial charge in [-0.15, -0.1) is 0 Å². The van der Waals surface area contributed by atoms with Gasteiger partial charge in [-0.1, -0.05) is 12.1 Å². The van der Waals surface area contributed by atoms with Crippen LogP contribution in [0.4, 0.5) is 14.5 Å². The van der Waals surface area contributed by atoms with Gasteiger partial charge in [-0.2, -0.15) is 10.3 Å². The van der Waals surface area contributed by atoms with Gasteiger partial charge in [0.2, 0.25) is 6.19 Å². The average Bonchev–Trinajstić information content (AvgIpc) is 2.90. The second kappa shape index (κ2) is 6.31. The Hall–Kier alpha value is -2.69. The lowest BCUT2D eigenvalue weighted by atomic mass is 9.75. The Morgan fingerprint density at radius 2 is 2.04 bits per heavy atom. The summed E-state index contributed by atoms with van der Waals surface area (Å²) >= 11 is 0. The number of hydrogen-bond donors (Lipinski definition) is 1. The maximum Gasteiger partial charge on any atom is 0.289 e. The molecular formula is C17H19F2N5O. The standard InChI is InChI=1S/C17H19F2N5O/c1-24(2)14(21-11-20)7-12-3-5-13(6-4-12)22-15-23-16(10-25-15)8-17(18,19)9-16/h3-6H,7-10H2,1-2H3,(H,22,23). The van der Waals surface area contributed by atoms with Gasteiger partial charge in [-0.05, 0) is 17.7 Å². The van der Waals surface area contributed by atoms with Crippen LogP contribution in [0, 0.1) is 11.5 Å². The van der Waals surface area contributed by atoms with Crippen LogP contribution >= 0.6 is 0 Å². The van der Waals surface area contributed by atoms with Crippen molar-refractivity contribution in [3.05, 3.63) is 29.8 Å². The van der Waals surface area contributed by atoms with E-state index < -0.39 is 11.5 Å². The Bertz CT molecular complexity index is 741. The molecule has 1 aromatic rings. The summed E-state index contributed by atoms with van der Waals surface area (Å²) in [6.07, 6.45) is 1.83. The number of anilines is 1. The zero-order chi connectivity index (χ0) is 18.1. The van der Waals surface area contributed by atoms with Crippen molar-refractivity contribution in [3.8, 4) is 6.19 Å². The second-order valence-electron chi connectivity index (χ2n) is 6.66. The molecule has 1 saturated carbocycles. The van der Waals surface area contributed by atoms with Crippen molar-refractivity contribution in [1.82, 2.24) is 4.90 Å². The number of likely N-dealkylation sites (N-methyl/N-ethyl adjacent to an activating group) is 1. The quantitative estimate of drug-likeness (QED) is 0.518. The summed E-state index contributed by atoms with van der Waals surface area (Å²) in [4.78, 5) is 9.87. The van der Waals surface area contributed by atoms with Crippen molar-refractivity contribution in [3.63, 3.8) is 0 Å². The van der Waals surface area contributed by atoms with Gasteiger partial charge in [-0.25, -0.2) is 13.8 Å². The topological polar surface area (TPSA) is 73.0 Å². The molecule has 0 bridgehead atoms. The van der Waals surface area contributed by atoms with E-state index in [2.05, 4.69) is 15.3 Å². The number of rotatable bonds is 3. The Labute approximate surface area is 144 Å². The van der Waals surface area contributed by atoms with Gasteiger partial charge < -0.3 is 15.0 Å². The summed E-state index contributed by atoms with van der Waals surface area (Å²) < 4.78 is 31.6. The molecule has 1 aromatic carbocycles. The molecule has 0 atom stereocenters. The Kier molecular flexibility index (Phi) is 4.33. The first-order valence-corrected chi connectivity index (χ1v) is 7.90. The van der Waals surface area contributed by atoms with E-state index in [1.54, 1.807) is 11.1 Å². The molecule has 6 nitrogen and oxygen atoms in total. The summed E-state index contributed by atoms with van der Waals surface area (Å²) in [6.45, 7) is 0.194. The van der Waals surface area contributed by atoms with Crippen molar-refractivity contribution in [2.45, 2.75) is 30.7 Å². The van der Waals surface area contributed by atoms with Crippen LogP contribution in [0.2, 0.25) is 0 Å². The first-order valence-electron chi connectivity index (χ1n) is 7.90. The molecule has 1 spiro atoms. The highest BCUT2D eigenvalue weighted by molar-refractivity contribution is 5.90. The van der Waals surface area contributed by atoms with E-state index >= 15 is 0 Å². The summed E-state index contributed by atoms with van der Waals surface area (Å²) in [5.41, 5.74) is 0.993. The normalized spacial score (nSPS) is 20.3. The fraction of sp³-hybridized carbons (Fsp3) is 0.471. The third kappa shape index (κ3) is 3.87. The molecule has 0 radical (unpaired) electrons. The zero-order valence-electron chi connectivity index (χ0n) is 14.1. The molecule has 1 heterocycles. The highest BCUT2D eigenvalue weighted by Gasteiger charge is 2.59. The molecule has 0 unspecified atom stereocenters. The number of alkyl halides is 2. The van der Waals surface area contributed by atoms with E-state index in [0.29, 0.717) is 12.3 Å². The summed E-state index contributed by atoms with van der Waals surface area (Å²) in [6, 6.07) is 7.79. The van der Waals surface area contributed by atoms with E-state index in [0.717, 1.165) is 11.3 Å². The van der Waals surface area contributed by atoms with Crippen molar-refractivity contribution in [1.29, 1.82) is 5.26 Å². The Morgan fingerprint density at radius 3 is 2.60 bits per heavy atom. The van der Waals surface area contributed by atoms with E-state index in [1.807, 2.05) is 38.4 Å². The van der Waals surface area contributed by atoms with Crippen LogP contribution in [-0.4, -0.2) is 48.9 Å². The molecule has 8 heteroatoms. The number of halogens is 2. The maximum absolute atomic E-state index is 13.1. The van der Waals surface area contributed by atoms with E-state index in [9.17, 15) is 8.78 Å². The van der Waals surface area contributed by atoms with Crippen LogP contribution in [0.3, 0.4) is 0 Å². The molecule has 3 rings (SSSR count). The summed E-state index contributed by atoms with van der Waals surface area (Å²) in [5.74, 6) is -1.96. The van der Waals surface area contributed by atoms with Crippen LogP contribution in [0.5, 0.6) is 0 Å². The Balaban J connectivity index is 1.61. The van der Waals surface area contributed by atoms with E-state index in [4.69, 9.17) is 10.00 Å². The van der Waals surface area contributed by atoms with E-state index in [-0.39, 0.29) is 25.5 Å². The van der Waals surface area contributed by atoms with Gasteiger partial charge in [-0.3, -0.25) is 0 Å². The number of benzene rings is 1. The Morgan fingerprint density at radius 1 is 1.36 bits per heavy atom.